The van der Waals surface area contributed by atoms with E-state index in [4.69, 9.17) is 4.98 Å². The fourth-order valence-electron chi connectivity index (χ4n) is 4.42. The van der Waals surface area contributed by atoms with Gasteiger partial charge < -0.3 is 10.3 Å². The van der Waals surface area contributed by atoms with E-state index >= 15 is 0 Å². The fraction of sp³-hybridized carbons (Fsp3) is 0.143. The Bertz CT molecular complexity index is 1740. The molecule has 0 atom stereocenters. The van der Waals surface area contributed by atoms with Gasteiger partial charge in [-0.05, 0) is 47.9 Å². The van der Waals surface area contributed by atoms with Gasteiger partial charge in [0, 0.05) is 47.7 Å². The first-order chi connectivity index (χ1) is 18.0. The molecule has 9 nitrogen and oxygen atoms in total. The van der Waals surface area contributed by atoms with E-state index in [0.29, 0.717) is 17.8 Å². The average molecular weight is 489 g/mol. The van der Waals surface area contributed by atoms with E-state index in [1.165, 1.54) is 0 Å². The zero-order valence-electron chi connectivity index (χ0n) is 20.4. The molecule has 0 saturated heterocycles. The summed E-state index contributed by atoms with van der Waals surface area (Å²) in [6.45, 7) is 4.03. The number of rotatable bonds is 6. The van der Waals surface area contributed by atoms with E-state index < -0.39 is 0 Å². The summed E-state index contributed by atoms with van der Waals surface area (Å²) in [5, 5.41) is 11.6. The van der Waals surface area contributed by atoms with Gasteiger partial charge in [-0.25, -0.2) is 4.98 Å². The minimum Gasteiger partial charge on any atom is -0.352 e. The van der Waals surface area contributed by atoms with Crippen molar-refractivity contribution in [3.8, 4) is 33.8 Å². The summed E-state index contributed by atoms with van der Waals surface area (Å²) in [7, 11) is 0. The van der Waals surface area contributed by atoms with Crippen LogP contribution in [0.25, 0.3) is 55.7 Å². The summed E-state index contributed by atoms with van der Waals surface area (Å²) in [4.78, 5) is 33.4. The number of aromatic nitrogens is 7. The van der Waals surface area contributed by atoms with Crippen molar-refractivity contribution in [3.63, 3.8) is 0 Å². The summed E-state index contributed by atoms with van der Waals surface area (Å²) in [5.74, 6) is 0.245. The van der Waals surface area contributed by atoms with Gasteiger partial charge in [0.2, 0.25) is 5.91 Å². The maximum Gasteiger partial charge on any atom is 0.224 e. The predicted molar refractivity (Wildman–Crippen MR) is 144 cm³/mol. The molecule has 9 heteroatoms. The number of fused-ring (bicyclic) bond motifs is 2. The lowest BCUT2D eigenvalue weighted by Gasteiger charge is -2.08. The van der Waals surface area contributed by atoms with Crippen LogP contribution in [0, 0.1) is 5.92 Å². The van der Waals surface area contributed by atoms with Crippen molar-refractivity contribution in [2.45, 2.75) is 20.3 Å². The van der Waals surface area contributed by atoms with Crippen LogP contribution in [0.15, 0.2) is 73.6 Å². The predicted octanol–water partition coefficient (Wildman–Crippen LogP) is 5.61. The number of carbonyl (C=O) groups is 1. The molecule has 1 amide bonds. The summed E-state index contributed by atoms with van der Waals surface area (Å²) in [6.07, 6.45) is 11.0. The Hall–Kier alpha value is -4.92. The molecular weight excluding hydrogens is 464 g/mol. The second kappa shape index (κ2) is 9.27. The Balaban J connectivity index is 1.38. The normalized spacial score (nSPS) is 11.4. The molecule has 0 aliphatic heterocycles. The summed E-state index contributed by atoms with van der Waals surface area (Å²) < 4.78 is 0. The Morgan fingerprint density at radius 3 is 2.59 bits per heavy atom. The summed E-state index contributed by atoms with van der Waals surface area (Å²) in [5.41, 5.74) is 8.24. The highest BCUT2D eigenvalue weighted by Gasteiger charge is 2.16. The molecule has 0 fully saturated rings. The Morgan fingerprint density at radius 1 is 0.919 bits per heavy atom. The van der Waals surface area contributed by atoms with Crippen molar-refractivity contribution in [2.24, 2.45) is 5.92 Å². The third-order valence-electron chi connectivity index (χ3n) is 6.11. The number of nitrogens with one attached hydrogen (secondary N) is 3. The second-order valence-electron chi connectivity index (χ2n) is 9.34. The van der Waals surface area contributed by atoms with Gasteiger partial charge in [0.15, 0.2) is 0 Å². The second-order valence-corrected chi connectivity index (χ2v) is 9.34. The monoisotopic (exact) mass is 488 g/mol. The third-order valence-corrected chi connectivity index (χ3v) is 6.11. The van der Waals surface area contributed by atoms with E-state index in [9.17, 15) is 4.79 Å². The number of hydrogen-bond acceptors (Lipinski definition) is 6. The molecule has 6 heterocycles. The highest BCUT2D eigenvalue weighted by Crippen LogP contribution is 2.33. The van der Waals surface area contributed by atoms with Crippen LogP contribution in [0.5, 0.6) is 0 Å². The lowest BCUT2D eigenvalue weighted by molar-refractivity contribution is -0.116. The lowest BCUT2D eigenvalue weighted by atomic mass is 10.1. The van der Waals surface area contributed by atoms with Gasteiger partial charge in [-0.1, -0.05) is 13.8 Å². The third kappa shape index (κ3) is 4.42. The molecule has 6 aromatic heterocycles. The molecule has 0 saturated carbocycles. The number of H-pyrrole nitrogens is 2. The van der Waals surface area contributed by atoms with Crippen LogP contribution >= 0.6 is 0 Å². The molecule has 0 aromatic carbocycles. The quantitative estimate of drug-likeness (QED) is 0.280. The molecule has 3 N–H and O–H groups in total. The molecule has 37 heavy (non-hydrogen) atoms. The minimum atomic E-state index is -0.0334. The average Bonchev–Trinajstić information content (AvgIpc) is 3.52. The topological polar surface area (TPSA) is 125 Å². The van der Waals surface area contributed by atoms with Gasteiger partial charge in [-0.2, -0.15) is 5.10 Å². The van der Waals surface area contributed by atoms with E-state index in [0.717, 1.165) is 50.0 Å². The smallest absolute Gasteiger partial charge is 0.224 e. The minimum absolute atomic E-state index is 0.0334. The zero-order valence-corrected chi connectivity index (χ0v) is 20.4. The van der Waals surface area contributed by atoms with E-state index in [-0.39, 0.29) is 11.8 Å². The number of anilines is 1. The van der Waals surface area contributed by atoms with Crippen LogP contribution in [0.3, 0.4) is 0 Å². The fourth-order valence-corrected chi connectivity index (χ4v) is 4.42. The van der Waals surface area contributed by atoms with Crippen molar-refractivity contribution in [1.82, 2.24) is 35.1 Å². The largest absolute Gasteiger partial charge is 0.352 e. The Morgan fingerprint density at radius 2 is 1.76 bits per heavy atom. The van der Waals surface area contributed by atoms with Crippen molar-refractivity contribution in [1.29, 1.82) is 0 Å². The van der Waals surface area contributed by atoms with Gasteiger partial charge in [-0.15, -0.1) is 0 Å². The highest BCUT2D eigenvalue weighted by atomic mass is 16.1. The molecule has 0 radical (unpaired) electrons. The van der Waals surface area contributed by atoms with Crippen molar-refractivity contribution in [3.05, 3.63) is 73.6 Å². The molecule has 0 unspecified atom stereocenters. The molecule has 182 valence electrons. The van der Waals surface area contributed by atoms with Crippen LogP contribution in [-0.2, 0) is 4.79 Å². The number of aromatic amines is 2. The lowest BCUT2D eigenvalue weighted by Crippen LogP contribution is -2.13. The maximum absolute atomic E-state index is 12.2. The number of nitrogens with zero attached hydrogens (tertiary/aromatic N) is 5. The Labute approximate surface area is 212 Å². The SMILES string of the molecule is CC(C)CC(=O)Nc1cncc(-c2ccc3[nH]nc(-c4cc5c(-c6ccncc6)cncc5[nH]4)c3n2)c1. The molecular formula is C28H24N8O. The summed E-state index contributed by atoms with van der Waals surface area (Å²) in [6, 6.07) is 11.8. The number of carbonyl (C=O) groups excluding carboxylic acids is 1. The van der Waals surface area contributed by atoms with E-state index in [1.54, 1.807) is 24.8 Å². The standard InChI is InChI=1S/C28H24N8O/c1-16(2)9-26(37)32-19-10-18(12-30-13-19)22-3-4-23-27(34-22)28(36-35-23)24-11-20-21(14-31-15-25(20)33-24)17-5-7-29-8-6-17/h3-8,10-16,33H,9H2,1-2H3,(H,32,37)(H,35,36). The number of pyridine rings is 4. The van der Waals surface area contributed by atoms with Crippen LogP contribution in [0.2, 0.25) is 0 Å². The first kappa shape index (κ1) is 22.5. The van der Waals surface area contributed by atoms with Gasteiger partial charge in [0.05, 0.1) is 40.5 Å². The molecule has 6 rings (SSSR count). The first-order valence-electron chi connectivity index (χ1n) is 12.0. The van der Waals surface area contributed by atoms with Crippen LogP contribution < -0.4 is 5.32 Å². The van der Waals surface area contributed by atoms with Gasteiger partial charge in [0.1, 0.15) is 11.2 Å². The highest BCUT2D eigenvalue weighted by molar-refractivity contribution is 6.00. The molecule has 0 aliphatic carbocycles. The van der Waals surface area contributed by atoms with Crippen molar-refractivity contribution in [2.75, 3.05) is 5.32 Å². The molecule has 0 spiro atoms. The van der Waals surface area contributed by atoms with Crippen molar-refractivity contribution >= 4 is 33.5 Å². The van der Waals surface area contributed by atoms with Crippen LogP contribution in [-0.4, -0.2) is 41.0 Å². The Kier molecular flexibility index (Phi) is 5.65. The van der Waals surface area contributed by atoms with E-state index in [1.807, 2.05) is 56.6 Å². The van der Waals surface area contributed by atoms with E-state index in [2.05, 4.69) is 41.5 Å². The first-order valence-corrected chi connectivity index (χ1v) is 12.0. The molecule has 0 aliphatic rings. The summed E-state index contributed by atoms with van der Waals surface area (Å²) >= 11 is 0. The molecule has 6 aromatic rings. The van der Waals surface area contributed by atoms with Gasteiger partial charge >= 0.3 is 0 Å². The zero-order chi connectivity index (χ0) is 25.4. The molecule has 0 bridgehead atoms. The van der Waals surface area contributed by atoms with Gasteiger partial charge in [0.25, 0.3) is 0 Å². The number of hydrogen-bond donors (Lipinski definition) is 3. The van der Waals surface area contributed by atoms with Crippen LogP contribution in [0.4, 0.5) is 5.69 Å². The van der Waals surface area contributed by atoms with Crippen molar-refractivity contribution < 1.29 is 4.79 Å². The van der Waals surface area contributed by atoms with Gasteiger partial charge in [-0.3, -0.25) is 24.8 Å². The maximum atomic E-state index is 12.2. The van der Waals surface area contributed by atoms with Crippen LogP contribution in [0.1, 0.15) is 20.3 Å². The number of amides is 1.